The lowest BCUT2D eigenvalue weighted by molar-refractivity contribution is -0.142. The zero-order valence-electron chi connectivity index (χ0n) is 13.8. The van der Waals surface area contributed by atoms with Gasteiger partial charge in [0.05, 0.1) is 24.5 Å². The second-order valence-corrected chi connectivity index (χ2v) is 7.88. The van der Waals surface area contributed by atoms with Crippen LogP contribution in [0, 0.1) is 0 Å². The molecular weight excluding hydrogens is 442 g/mol. The van der Waals surface area contributed by atoms with Gasteiger partial charge in [-0.3, -0.25) is 14.9 Å². The van der Waals surface area contributed by atoms with Crippen molar-refractivity contribution in [1.29, 1.82) is 0 Å². The number of imide groups is 1. The van der Waals surface area contributed by atoms with Gasteiger partial charge in [0, 0.05) is 15.5 Å². The van der Waals surface area contributed by atoms with E-state index in [9.17, 15) is 14.4 Å². The van der Waals surface area contributed by atoms with Crippen LogP contribution in [0.15, 0.2) is 38.5 Å². The van der Waals surface area contributed by atoms with Crippen molar-refractivity contribution >= 4 is 62.6 Å². The molecule has 2 rings (SSSR count). The summed E-state index contributed by atoms with van der Waals surface area (Å²) in [7, 11) is 0. The SMILES string of the molecule is CCOC(=O)Cc1csc(SCC(=O)NC(=O)Nc2ccc(Br)cc2)n1. The van der Waals surface area contributed by atoms with Crippen molar-refractivity contribution in [3.05, 3.63) is 39.8 Å². The van der Waals surface area contributed by atoms with Gasteiger partial charge in [-0.05, 0) is 31.2 Å². The second kappa shape index (κ2) is 10.3. The summed E-state index contributed by atoms with van der Waals surface area (Å²) in [5.41, 5.74) is 1.18. The number of hydrogen-bond donors (Lipinski definition) is 2. The van der Waals surface area contributed by atoms with Gasteiger partial charge in [0.15, 0.2) is 4.34 Å². The van der Waals surface area contributed by atoms with E-state index < -0.39 is 11.9 Å². The third kappa shape index (κ3) is 7.14. The van der Waals surface area contributed by atoms with Crippen LogP contribution in [0.1, 0.15) is 12.6 Å². The summed E-state index contributed by atoms with van der Waals surface area (Å²) >= 11 is 5.83. The first-order chi connectivity index (χ1) is 12.5. The average Bonchev–Trinajstić information content (AvgIpc) is 3.02. The standard InChI is InChI=1S/C16H16BrN3O4S2/c1-2-24-14(22)7-12-8-25-16(19-12)26-9-13(21)20-15(23)18-11-5-3-10(17)4-6-11/h3-6,8H,2,7,9H2,1H3,(H2,18,20,21,23). The van der Waals surface area contributed by atoms with Gasteiger partial charge < -0.3 is 10.1 Å². The zero-order chi connectivity index (χ0) is 18.9. The fourth-order valence-corrected chi connectivity index (χ4v) is 3.69. The van der Waals surface area contributed by atoms with Crippen LogP contribution in [0.3, 0.4) is 0 Å². The molecule has 1 aromatic carbocycles. The highest BCUT2D eigenvalue weighted by Crippen LogP contribution is 2.22. The number of nitrogens with zero attached hydrogens (tertiary/aromatic N) is 1. The van der Waals surface area contributed by atoms with Gasteiger partial charge in [0.25, 0.3) is 0 Å². The Morgan fingerprint density at radius 1 is 1.27 bits per heavy atom. The van der Waals surface area contributed by atoms with E-state index in [1.165, 1.54) is 23.1 Å². The molecule has 26 heavy (non-hydrogen) atoms. The van der Waals surface area contributed by atoms with E-state index in [-0.39, 0.29) is 18.1 Å². The molecule has 0 atom stereocenters. The monoisotopic (exact) mass is 457 g/mol. The number of anilines is 1. The van der Waals surface area contributed by atoms with Crippen LogP contribution in [0.2, 0.25) is 0 Å². The number of benzene rings is 1. The van der Waals surface area contributed by atoms with Crippen molar-refractivity contribution in [2.45, 2.75) is 17.7 Å². The van der Waals surface area contributed by atoms with Crippen LogP contribution in [0.5, 0.6) is 0 Å². The van der Waals surface area contributed by atoms with Crippen LogP contribution in [-0.4, -0.2) is 35.3 Å². The number of ether oxygens (including phenoxy) is 1. The number of rotatable bonds is 7. The predicted octanol–water partition coefficient (Wildman–Crippen LogP) is 3.45. The summed E-state index contributed by atoms with van der Waals surface area (Å²) in [6.45, 7) is 2.07. The topological polar surface area (TPSA) is 97.4 Å². The largest absolute Gasteiger partial charge is 0.466 e. The summed E-state index contributed by atoms with van der Waals surface area (Å²) in [4.78, 5) is 39.3. The lowest BCUT2D eigenvalue weighted by Gasteiger charge is -2.06. The lowest BCUT2D eigenvalue weighted by Crippen LogP contribution is -2.35. The second-order valence-electron chi connectivity index (χ2n) is 4.88. The number of carbonyl (C=O) groups is 3. The number of esters is 1. The van der Waals surface area contributed by atoms with Crippen molar-refractivity contribution in [2.24, 2.45) is 0 Å². The number of carbonyl (C=O) groups excluding carboxylic acids is 3. The number of urea groups is 1. The third-order valence-electron chi connectivity index (χ3n) is 2.84. The van der Waals surface area contributed by atoms with E-state index in [0.29, 0.717) is 22.3 Å². The number of halogens is 1. The van der Waals surface area contributed by atoms with Gasteiger partial charge in [-0.25, -0.2) is 9.78 Å². The Bertz CT molecular complexity index is 780. The first-order valence-corrected chi connectivity index (χ1v) is 10.2. The minimum absolute atomic E-state index is 0.0418. The van der Waals surface area contributed by atoms with Crippen LogP contribution in [0.4, 0.5) is 10.5 Å². The van der Waals surface area contributed by atoms with Crippen molar-refractivity contribution in [3.63, 3.8) is 0 Å². The molecule has 1 aromatic heterocycles. The molecule has 0 fully saturated rings. The maximum absolute atomic E-state index is 11.8. The molecule has 138 valence electrons. The van der Waals surface area contributed by atoms with Gasteiger partial charge in [0.2, 0.25) is 5.91 Å². The van der Waals surface area contributed by atoms with Gasteiger partial charge >= 0.3 is 12.0 Å². The smallest absolute Gasteiger partial charge is 0.325 e. The Balaban J connectivity index is 1.74. The van der Waals surface area contributed by atoms with Crippen molar-refractivity contribution in [1.82, 2.24) is 10.3 Å². The highest BCUT2D eigenvalue weighted by molar-refractivity contribution is 9.10. The van der Waals surface area contributed by atoms with Gasteiger partial charge in [-0.2, -0.15) is 0 Å². The number of thiazole rings is 1. The number of amides is 3. The Morgan fingerprint density at radius 3 is 2.69 bits per heavy atom. The molecule has 0 bridgehead atoms. The summed E-state index contributed by atoms with van der Waals surface area (Å²) in [5, 5.41) is 6.57. The summed E-state index contributed by atoms with van der Waals surface area (Å²) in [6, 6.07) is 6.39. The van der Waals surface area contributed by atoms with Crippen LogP contribution >= 0.6 is 39.0 Å². The van der Waals surface area contributed by atoms with Crippen LogP contribution < -0.4 is 10.6 Å². The summed E-state index contributed by atoms with van der Waals surface area (Å²) < 4.78 is 6.40. The van der Waals surface area contributed by atoms with E-state index in [2.05, 4.69) is 31.5 Å². The quantitative estimate of drug-likeness (QED) is 0.487. The molecule has 10 heteroatoms. The van der Waals surface area contributed by atoms with Crippen LogP contribution in [0.25, 0.3) is 0 Å². The van der Waals surface area contributed by atoms with Crippen molar-refractivity contribution in [2.75, 3.05) is 17.7 Å². The third-order valence-corrected chi connectivity index (χ3v) is 5.44. The van der Waals surface area contributed by atoms with Crippen molar-refractivity contribution < 1.29 is 19.1 Å². The molecule has 0 aliphatic rings. The highest BCUT2D eigenvalue weighted by Gasteiger charge is 2.12. The normalized spacial score (nSPS) is 10.2. The molecule has 1 heterocycles. The lowest BCUT2D eigenvalue weighted by atomic mass is 10.3. The molecule has 0 aliphatic carbocycles. The number of hydrogen-bond acceptors (Lipinski definition) is 7. The van der Waals surface area contributed by atoms with E-state index in [1.807, 2.05) is 0 Å². The van der Waals surface area contributed by atoms with E-state index >= 15 is 0 Å². The molecule has 7 nitrogen and oxygen atoms in total. The molecule has 0 radical (unpaired) electrons. The number of aromatic nitrogens is 1. The molecule has 0 unspecified atom stereocenters. The fourth-order valence-electron chi connectivity index (χ4n) is 1.78. The zero-order valence-corrected chi connectivity index (χ0v) is 17.0. The molecule has 2 aromatic rings. The molecule has 0 saturated carbocycles. The molecule has 0 saturated heterocycles. The van der Waals surface area contributed by atoms with Crippen LogP contribution in [-0.2, 0) is 20.7 Å². The van der Waals surface area contributed by atoms with Gasteiger partial charge in [0.1, 0.15) is 0 Å². The molecule has 0 spiro atoms. The predicted molar refractivity (Wildman–Crippen MR) is 104 cm³/mol. The average molecular weight is 458 g/mol. The maximum Gasteiger partial charge on any atom is 0.325 e. The molecular formula is C16H16BrN3O4S2. The molecule has 3 amide bonds. The maximum atomic E-state index is 11.8. The van der Waals surface area contributed by atoms with Crippen molar-refractivity contribution in [3.8, 4) is 0 Å². The first-order valence-electron chi connectivity index (χ1n) is 7.55. The Morgan fingerprint density at radius 2 is 2.00 bits per heavy atom. The Labute approximate surface area is 167 Å². The Kier molecular flexibility index (Phi) is 8.07. The number of nitrogens with one attached hydrogen (secondary N) is 2. The first kappa shape index (κ1) is 20.4. The molecule has 0 aliphatic heterocycles. The Hall–Kier alpha value is -1.91. The minimum Gasteiger partial charge on any atom is -0.466 e. The fraction of sp³-hybridized carbons (Fsp3) is 0.250. The van der Waals surface area contributed by atoms with E-state index in [1.54, 1.807) is 36.6 Å². The summed E-state index contributed by atoms with van der Waals surface area (Å²) in [6.07, 6.45) is 0.104. The van der Waals surface area contributed by atoms with Gasteiger partial charge in [-0.1, -0.05) is 27.7 Å². The number of thioether (sulfide) groups is 1. The van der Waals surface area contributed by atoms with E-state index in [0.717, 1.165) is 4.47 Å². The van der Waals surface area contributed by atoms with E-state index in [4.69, 9.17) is 4.74 Å². The molecule has 2 N–H and O–H groups in total. The highest BCUT2D eigenvalue weighted by atomic mass is 79.9. The minimum atomic E-state index is -0.597. The summed E-state index contributed by atoms with van der Waals surface area (Å²) in [5.74, 6) is -0.733. The van der Waals surface area contributed by atoms with Gasteiger partial charge in [-0.15, -0.1) is 11.3 Å².